The Kier molecular flexibility index (Phi) is 8.59. The van der Waals surface area contributed by atoms with Gasteiger partial charge in [0.15, 0.2) is 5.96 Å². The Hall–Kier alpha value is -1.77. The van der Waals surface area contributed by atoms with Crippen LogP contribution in [0.5, 0.6) is 5.75 Å². The van der Waals surface area contributed by atoms with Gasteiger partial charge in [-0.2, -0.15) is 5.10 Å². The third-order valence-corrected chi connectivity index (χ3v) is 3.58. The number of aromatic nitrogens is 2. The normalized spacial score (nSPS) is 10.9. The number of halogens is 1. The van der Waals surface area contributed by atoms with E-state index in [1.54, 1.807) is 13.2 Å². The number of rotatable bonds is 6. The summed E-state index contributed by atoms with van der Waals surface area (Å²) < 4.78 is 7.41. The molecule has 0 saturated heterocycles. The van der Waals surface area contributed by atoms with Crippen molar-refractivity contribution in [1.82, 2.24) is 20.4 Å². The van der Waals surface area contributed by atoms with Crippen LogP contribution in [-0.2, 0) is 20.1 Å². The first-order chi connectivity index (χ1) is 11.1. The molecule has 6 nitrogen and oxygen atoms in total. The van der Waals surface area contributed by atoms with E-state index < -0.39 is 0 Å². The molecular formula is C17H26IN5O. The van der Waals surface area contributed by atoms with Gasteiger partial charge in [0, 0.05) is 26.8 Å². The van der Waals surface area contributed by atoms with Crippen molar-refractivity contribution in [3.63, 3.8) is 0 Å². The molecule has 1 heterocycles. The smallest absolute Gasteiger partial charge is 0.191 e. The molecule has 0 aliphatic rings. The van der Waals surface area contributed by atoms with Gasteiger partial charge in [-0.1, -0.05) is 12.1 Å². The van der Waals surface area contributed by atoms with Gasteiger partial charge in [0.25, 0.3) is 0 Å². The van der Waals surface area contributed by atoms with E-state index in [2.05, 4.69) is 39.8 Å². The monoisotopic (exact) mass is 443 g/mol. The molecule has 0 saturated carbocycles. The molecular weight excluding hydrogens is 417 g/mol. The van der Waals surface area contributed by atoms with Gasteiger partial charge in [-0.25, -0.2) is 0 Å². The van der Waals surface area contributed by atoms with Gasteiger partial charge in [0.1, 0.15) is 5.75 Å². The molecule has 0 atom stereocenters. The summed E-state index contributed by atoms with van der Waals surface area (Å²) in [6.07, 6.45) is 1.79. The van der Waals surface area contributed by atoms with E-state index in [1.165, 1.54) is 5.56 Å². The summed E-state index contributed by atoms with van der Waals surface area (Å²) in [5.74, 6) is 1.70. The summed E-state index contributed by atoms with van der Waals surface area (Å²) in [5.41, 5.74) is 3.43. The average molecular weight is 443 g/mol. The van der Waals surface area contributed by atoms with Crippen LogP contribution in [0.15, 0.2) is 35.5 Å². The maximum Gasteiger partial charge on any atom is 0.191 e. The Morgan fingerprint density at radius 2 is 2.00 bits per heavy atom. The van der Waals surface area contributed by atoms with Crippen LogP contribution in [0.2, 0.25) is 0 Å². The first-order valence-electron chi connectivity index (χ1n) is 7.77. The maximum absolute atomic E-state index is 5.56. The number of aryl methyl sites for hydroxylation is 2. The lowest BCUT2D eigenvalue weighted by molar-refractivity contribution is 0.338. The largest absolute Gasteiger partial charge is 0.494 e. The second-order valence-corrected chi connectivity index (χ2v) is 5.26. The summed E-state index contributed by atoms with van der Waals surface area (Å²) in [6, 6.07) is 8.20. The van der Waals surface area contributed by atoms with E-state index in [0.29, 0.717) is 19.7 Å². The standard InChI is InChI=1S/C17H25N5O.HI/c1-5-23-16-7-6-14(10-13(16)2)11-19-17(18-3)20-12-15-8-9-21-22(15)4;/h6-10H,5,11-12H2,1-4H3,(H2,18,19,20);1H. The highest BCUT2D eigenvalue weighted by molar-refractivity contribution is 14.0. The van der Waals surface area contributed by atoms with E-state index >= 15 is 0 Å². The molecule has 7 heteroatoms. The molecule has 2 rings (SSSR count). The minimum absolute atomic E-state index is 0. The summed E-state index contributed by atoms with van der Waals surface area (Å²) in [5, 5.41) is 10.7. The van der Waals surface area contributed by atoms with Crippen molar-refractivity contribution in [1.29, 1.82) is 0 Å². The van der Waals surface area contributed by atoms with Crippen LogP contribution in [0.1, 0.15) is 23.7 Å². The topological polar surface area (TPSA) is 63.5 Å². The third-order valence-electron chi connectivity index (χ3n) is 3.58. The van der Waals surface area contributed by atoms with Crippen molar-refractivity contribution in [2.24, 2.45) is 12.0 Å². The molecule has 24 heavy (non-hydrogen) atoms. The molecule has 0 unspecified atom stereocenters. The predicted octanol–water partition coefficient (Wildman–Crippen LogP) is 2.61. The first-order valence-corrected chi connectivity index (χ1v) is 7.77. The number of hydrogen-bond acceptors (Lipinski definition) is 3. The second kappa shape index (κ2) is 10.2. The molecule has 0 bridgehead atoms. The van der Waals surface area contributed by atoms with Crippen molar-refractivity contribution in [3.05, 3.63) is 47.3 Å². The number of guanidine groups is 1. The molecule has 0 fully saturated rings. The Bertz CT molecular complexity index is 669. The Morgan fingerprint density at radius 3 is 2.58 bits per heavy atom. The van der Waals surface area contributed by atoms with Crippen LogP contribution < -0.4 is 15.4 Å². The lowest BCUT2D eigenvalue weighted by Crippen LogP contribution is -2.36. The number of nitrogens with zero attached hydrogens (tertiary/aromatic N) is 3. The molecule has 0 radical (unpaired) electrons. The fourth-order valence-corrected chi connectivity index (χ4v) is 2.29. The molecule has 0 spiro atoms. The number of benzene rings is 1. The van der Waals surface area contributed by atoms with Crippen molar-refractivity contribution < 1.29 is 4.74 Å². The molecule has 1 aromatic heterocycles. The Morgan fingerprint density at radius 1 is 1.25 bits per heavy atom. The predicted molar refractivity (Wildman–Crippen MR) is 108 cm³/mol. The van der Waals surface area contributed by atoms with E-state index in [-0.39, 0.29) is 24.0 Å². The average Bonchev–Trinajstić information content (AvgIpc) is 2.95. The lowest BCUT2D eigenvalue weighted by Gasteiger charge is -2.13. The third kappa shape index (κ3) is 5.70. The maximum atomic E-state index is 5.56. The molecule has 132 valence electrons. The molecule has 2 aromatic rings. The van der Waals surface area contributed by atoms with Crippen molar-refractivity contribution in [2.75, 3.05) is 13.7 Å². The lowest BCUT2D eigenvalue weighted by atomic mass is 10.1. The van der Waals surface area contributed by atoms with Crippen molar-refractivity contribution >= 4 is 29.9 Å². The number of aliphatic imine (C=N–C) groups is 1. The van der Waals surface area contributed by atoms with Crippen LogP contribution in [0.4, 0.5) is 0 Å². The van der Waals surface area contributed by atoms with Gasteiger partial charge in [-0.15, -0.1) is 24.0 Å². The highest BCUT2D eigenvalue weighted by Gasteiger charge is 2.04. The van der Waals surface area contributed by atoms with Crippen LogP contribution in [-0.4, -0.2) is 29.4 Å². The van der Waals surface area contributed by atoms with Gasteiger partial charge in [0.05, 0.1) is 18.8 Å². The molecule has 0 aliphatic heterocycles. The first kappa shape index (κ1) is 20.3. The zero-order chi connectivity index (χ0) is 16.7. The second-order valence-electron chi connectivity index (χ2n) is 5.26. The van der Waals surface area contributed by atoms with E-state index in [4.69, 9.17) is 4.74 Å². The van der Waals surface area contributed by atoms with Crippen molar-refractivity contribution in [2.45, 2.75) is 26.9 Å². The summed E-state index contributed by atoms with van der Waals surface area (Å²) in [4.78, 5) is 4.24. The highest BCUT2D eigenvalue weighted by Crippen LogP contribution is 2.18. The molecule has 0 aliphatic carbocycles. The van der Waals surface area contributed by atoms with Gasteiger partial charge < -0.3 is 15.4 Å². The fourth-order valence-electron chi connectivity index (χ4n) is 2.29. The number of hydrogen-bond donors (Lipinski definition) is 2. The van der Waals surface area contributed by atoms with E-state index in [9.17, 15) is 0 Å². The molecule has 0 amide bonds. The van der Waals surface area contributed by atoms with Gasteiger partial charge in [-0.05, 0) is 37.1 Å². The van der Waals surface area contributed by atoms with Crippen LogP contribution >= 0.6 is 24.0 Å². The highest BCUT2D eigenvalue weighted by atomic mass is 127. The van der Waals surface area contributed by atoms with Gasteiger partial charge in [-0.3, -0.25) is 9.67 Å². The van der Waals surface area contributed by atoms with Crippen LogP contribution in [0, 0.1) is 6.92 Å². The van der Waals surface area contributed by atoms with Gasteiger partial charge >= 0.3 is 0 Å². The summed E-state index contributed by atoms with van der Waals surface area (Å²) >= 11 is 0. The number of nitrogens with one attached hydrogen (secondary N) is 2. The van der Waals surface area contributed by atoms with Crippen LogP contribution in [0.25, 0.3) is 0 Å². The zero-order valence-corrected chi connectivity index (χ0v) is 17.0. The minimum atomic E-state index is 0. The Labute approximate surface area is 160 Å². The number of ether oxygens (including phenoxy) is 1. The van der Waals surface area contributed by atoms with Crippen LogP contribution in [0.3, 0.4) is 0 Å². The SMILES string of the molecule is CCOc1ccc(CNC(=NC)NCc2ccnn2C)cc1C.I. The van der Waals surface area contributed by atoms with Gasteiger partial charge in [0.2, 0.25) is 0 Å². The molecule has 1 aromatic carbocycles. The van der Waals surface area contributed by atoms with E-state index in [0.717, 1.165) is 23.0 Å². The van der Waals surface area contributed by atoms with E-state index in [1.807, 2.05) is 30.8 Å². The molecule has 2 N–H and O–H groups in total. The summed E-state index contributed by atoms with van der Waals surface area (Å²) in [7, 11) is 3.69. The minimum Gasteiger partial charge on any atom is -0.494 e. The van der Waals surface area contributed by atoms with Crippen molar-refractivity contribution in [3.8, 4) is 5.75 Å². The Balaban J connectivity index is 0.00000288. The quantitative estimate of drug-likeness (QED) is 0.410. The fraction of sp³-hybridized carbons (Fsp3) is 0.412. The summed E-state index contributed by atoms with van der Waals surface area (Å²) in [6.45, 7) is 6.12. The zero-order valence-electron chi connectivity index (χ0n) is 14.7.